The average Bonchev–Trinajstić information content (AvgIpc) is 3.07. The predicted molar refractivity (Wildman–Crippen MR) is 113 cm³/mol. The normalized spacial score (nSPS) is 12.0. The van der Waals surface area contributed by atoms with Gasteiger partial charge in [-0.15, -0.1) is 0 Å². The Kier molecular flexibility index (Phi) is 6.34. The van der Waals surface area contributed by atoms with Crippen LogP contribution in [0.3, 0.4) is 0 Å². The van der Waals surface area contributed by atoms with Gasteiger partial charge in [0.05, 0.1) is 17.0 Å². The number of hydrogen-bond acceptors (Lipinski definition) is 4. The molecule has 3 aromatic rings. The van der Waals surface area contributed by atoms with E-state index in [1.54, 1.807) is 28.9 Å². The Morgan fingerprint density at radius 1 is 1.03 bits per heavy atom. The van der Waals surface area contributed by atoms with Crippen molar-refractivity contribution in [3.63, 3.8) is 0 Å². The van der Waals surface area contributed by atoms with E-state index in [9.17, 15) is 13.2 Å². The van der Waals surface area contributed by atoms with Crippen molar-refractivity contribution in [1.29, 1.82) is 0 Å². The van der Waals surface area contributed by atoms with E-state index in [2.05, 4.69) is 5.10 Å². The molecule has 3 rings (SSSR count). The van der Waals surface area contributed by atoms with E-state index >= 15 is 0 Å². The van der Waals surface area contributed by atoms with E-state index in [-0.39, 0.29) is 10.6 Å². The third-order valence-corrected chi connectivity index (χ3v) is 6.64. The topological polar surface area (TPSA) is 98.3 Å². The number of rotatable bonds is 9. The average molecular weight is 415 g/mol. The molecule has 0 saturated heterocycles. The number of hydrogen-bond donors (Lipinski definition) is 1. The highest BCUT2D eigenvalue weighted by Crippen LogP contribution is 2.21. The van der Waals surface area contributed by atoms with Crippen LogP contribution in [0.15, 0.2) is 53.4 Å². The quantitative estimate of drug-likeness (QED) is 0.582. The maximum atomic E-state index is 12.9. The number of amides is 1. The zero-order valence-electron chi connectivity index (χ0n) is 16.7. The van der Waals surface area contributed by atoms with Crippen molar-refractivity contribution in [2.24, 2.45) is 5.73 Å². The van der Waals surface area contributed by atoms with Crippen molar-refractivity contribution in [2.45, 2.75) is 38.1 Å². The Labute approximate surface area is 171 Å². The van der Waals surface area contributed by atoms with Gasteiger partial charge in [-0.1, -0.05) is 44.2 Å². The number of carbonyl (C=O) groups is 1. The Hall–Kier alpha value is -2.71. The molecule has 1 heterocycles. The molecule has 0 bridgehead atoms. The molecule has 0 saturated carbocycles. The van der Waals surface area contributed by atoms with Gasteiger partial charge in [-0.2, -0.15) is 9.40 Å². The molecule has 0 spiro atoms. The number of aromatic nitrogens is 2. The van der Waals surface area contributed by atoms with Crippen LogP contribution in [0.2, 0.25) is 0 Å². The molecule has 0 unspecified atom stereocenters. The number of fused-ring (bicyclic) bond motifs is 1. The zero-order valence-corrected chi connectivity index (χ0v) is 17.5. The van der Waals surface area contributed by atoms with Crippen molar-refractivity contribution in [3.8, 4) is 0 Å². The summed E-state index contributed by atoms with van der Waals surface area (Å²) in [5.74, 6) is -0.576. The van der Waals surface area contributed by atoms with Crippen LogP contribution in [-0.4, -0.2) is 41.5 Å². The summed E-state index contributed by atoms with van der Waals surface area (Å²) in [6, 6.07) is 14.2. The van der Waals surface area contributed by atoms with E-state index in [0.717, 1.165) is 23.9 Å². The molecule has 2 aromatic carbocycles. The van der Waals surface area contributed by atoms with Crippen LogP contribution in [0.5, 0.6) is 0 Å². The first kappa shape index (κ1) is 21.0. The highest BCUT2D eigenvalue weighted by Gasteiger charge is 2.23. The number of sulfonamides is 1. The molecule has 154 valence electrons. The lowest BCUT2D eigenvalue weighted by molar-refractivity contribution is 0.0996. The van der Waals surface area contributed by atoms with Gasteiger partial charge < -0.3 is 5.73 Å². The Balaban J connectivity index is 1.88. The van der Waals surface area contributed by atoms with Gasteiger partial charge in [0.25, 0.3) is 5.91 Å². The molecule has 0 aliphatic heterocycles. The highest BCUT2D eigenvalue weighted by molar-refractivity contribution is 7.89. The Morgan fingerprint density at radius 3 is 2.24 bits per heavy atom. The van der Waals surface area contributed by atoms with Crippen molar-refractivity contribution >= 4 is 26.8 Å². The van der Waals surface area contributed by atoms with Gasteiger partial charge >= 0.3 is 0 Å². The predicted octanol–water partition coefficient (Wildman–Crippen LogP) is 2.99. The van der Waals surface area contributed by atoms with Gasteiger partial charge in [-0.3, -0.25) is 9.48 Å². The van der Waals surface area contributed by atoms with Gasteiger partial charge in [-0.05, 0) is 36.6 Å². The SMILES string of the molecule is CCCN(CCC)S(=O)(=O)c1ccc(Cn2nc(C(N)=O)c3ccccc32)cc1. The minimum atomic E-state index is -3.51. The fourth-order valence-electron chi connectivity index (χ4n) is 3.37. The van der Waals surface area contributed by atoms with Crippen molar-refractivity contribution < 1.29 is 13.2 Å². The van der Waals surface area contributed by atoms with Crippen LogP contribution in [0.4, 0.5) is 0 Å². The molecule has 29 heavy (non-hydrogen) atoms. The molecule has 8 heteroatoms. The van der Waals surface area contributed by atoms with Crippen molar-refractivity contribution in [3.05, 3.63) is 59.8 Å². The number of carbonyl (C=O) groups excluding carboxylic acids is 1. The largest absolute Gasteiger partial charge is 0.364 e. The van der Waals surface area contributed by atoms with Crippen molar-refractivity contribution in [1.82, 2.24) is 14.1 Å². The second kappa shape index (κ2) is 8.75. The van der Waals surface area contributed by atoms with E-state index in [0.29, 0.717) is 25.0 Å². The Bertz CT molecular complexity index is 1100. The summed E-state index contributed by atoms with van der Waals surface area (Å²) in [6.07, 6.45) is 1.54. The molecule has 0 fully saturated rings. The lowest BCUT2D eigenvalue weighted by Gasteiger charge is -2.21. The fraction of sp³-hybridized carbons (Fsp3) is 0.333. The summed E-state index contributed by atoms with van der Waals surface area (Å²) in [4.78, 5) is 12.0. The van der Waals surface area contributed by atoms with E-state index in [1.807, 2.05) is 38.1 Å². The smallest absolute Gasteiger partial charge is 0.269 e. The maximum Gasteiger partial charge on any atom is 0.269 e. The molecule has 2 N–H and O–H groups in total. The van der Waals surface area contributed by atoms with Crippen LogP contribution < -0.4 is 5.73 Å². The summed E-state index contributed by atoms with van der Waals surface area (Å²) < 4.78 is 29.0. The third kappa shape index (κ3) is 4.33. The van der Waals surface area contributed by atoms with Gasteiger partial charge in [-0.25, -0.2) is 8.42 Å². The van der Waals surface area contributed by atoms with Crippen LogP contribution in [-0.2, 0) is 16.6 Å². The van der Waals surface area contributed by atoms with Crippen LogP contribution in [0.25, 0.3) is 10.9 Å². The van der Waals surface area contributed by atoms with E-state index in [4.69, 9.17) is 5.73 Å². The van der Waals surface area contributed by atoms with Crippen molar-refractivity contribution in [2.75, 3.05) is 13.1 Å². The summed E-state index contributed by atoms with van der Waals surface area (Å²) in [5.41, 5.74) is 7.36. The first-order chi connectivity index (χ1) is 13.9. The highest BCUT2D eigenvalue weighted by atomic mass is 32.2. The molecule has 0 aliphatic carbocycles. The second-order valence-corrected chi connectivity index (χ2v) is 8.87. The van der Waals surface area contributed by atoms with Gasteiger partial charge in [0.2, 0.25) is 10.0 Å². The first-order valence-corrected chi connectivity index (χ1v) is 11.2. The molecule has 0 radical (unpaired) electrons. The lowest BCUT2D eigenvalue weighted by Crippen LogP contribution is -2.32. The van der Waals surface area contributed by atoms with Crippen LogP contribution in [0, 0.1) is 0 Å². The number of nitrogens with zero attached hydrogens (tertiary/aromatic N) is 3. The first-order valence-electron chi connectivity index (χ1n) is 9.73. The molecule has 0 aliphatic rings. The van der Waals surface area contributed by atoms with E-state index in [1.165, 1.54) is 4.31 Å². The van der Waals surface area contributed by atoms with Gasteiger partial charge in [0.1, 0.15) is 0 Å². The summed E-state index contributed by atoms with van der Waals surface area (Å²) in [6.45, 7) is 5.36. The molecule has 1 amide bonds. The van der Waals surface area contributed by atoms with Gasteiger partial charge in [0.15, 0.2) is 5.69 Å². The molecule has 1 aromatic heterocycles. The van der Waals surface area contributed by atoms with Crippen LogP contribution in [0.1, 0.15) is 42.7 Å². The molecular weight excluding hydrogens is 388 g/mol. The minimum Gasteiger partial charge on any atom is -0.364 e. The maximum absolute atomic E-state index is 12.9. The number of para-hydroxylation sites is 1. The number of nitrogens with two attached hydrogens (primary N) is 1. The van der Waals surface area contributed by atoms with E-state index < -0.39 is 15.9 Å². The molecule has 0 atom stereocenters. The van der Waals surface area contributed by atoms with Crippen LogP contribution >= 0.6 is 0 Å². The summed E-state index contributed by atoms with van der Waals surface area (Å²) in [7, 11) is -3.51. The molecule has 7 nitrogen and oxygen atoms in total. The second-order valence-electron chi connectivity index (χ2n) is 6.94. The monoisotopic (exact) mass is 414 g/mol. The van der Waals surface area contributed by atoms with Gasteiger partial charge in [0, 0.05) is 18.5 Å². The Morgan fingerprint density at radius 2 is 1.66 bits per heavy atom. The zero-order chi connectivity index (χ0) is 21.0. The lowest BCUT2D eigenvalue weighted by atomic mass is 10.2. The fourth-order valence-corrected chi connectivity index (χ4v) is 4.99. The summed E-state index contributed by atoms with van der Waals surface area (Å²) >= 11 is 0. The number of primary amides is 1. The minimum absolute atomic E-state index is 0.231. The standard InChI is InChI=1S/C21H26N4O3S/c1-3-13-24(14-4-2)29(27,28)17-11-9-16(10-12-17)15-25-19-8-6-5-7-18(19)20(23-25)21(22)26/h5-12H,3-4,13-15H2,1-2H3,(H2,22,26). The third-order valence-electron chi connectivity index (χ3n) is 4.73. The number of benzene rings is 2. The summed E-state index contributed by atoms with van der Waals surface area (Å²) in [5, 5.41) is 5.05. The molecular formula is C21H26N4O3S.